The third kappa shape index (κ3) is 5.76. The van der Waals surface area contributed by atoms with Gasteiger partial charge >= 0.3 is 0 Å². The third-order valence-electron chi connectivity index (χ3n) is 2.90. The Morgan fingerprint density at radius 3 is 1.92 bits per heavy atom. The van der Waals surface area contributed by atoms with Gasteiger partial charge in [0.1, 0.15) is 0 Å². The SMILES string of the molecule is CC(=O)Nc1ccc(S(=O)(=O)Nc2cccc(NS(C)(=O)=O)c2)cc1. The number of sulfonamides is 2. The Labute approximate surface area is 146 Å². The van der Waals surface area contributed by atoms with E-state index in [2.05, 4.69) is 14.8 Å². The van der Waals surface area contributed by atoms with Gasteiger partial charge in [0.15, 0.2) is 0 Å². The number of carbonyl (C=O) groups is 1. The van der Waals surface area contributed by atoms with E-state index < -0.39 is 20.0 Å². The monoisotopic (exact) mass is 383 g/mol. The fraction of sp³-hybridized carbons (Fsp3) is 0.133. The molecule has 0 aliphatic rings. The molecule has 0 aliphatic carbocycles. The second-order valence-electron chi connectivity index (χ2n) is 5.27. The number of nitrogens with one attached hydrogen (secondary N) is 3. The maximum atomic E-state index is 12.4. The lowest BCUT2D eigenvalue weighted by Crippen LogP contribution is -2.14. The number of benzene rings is 2. The molecule has 2 rings (SSSR count). The van der Waals surface area contributed by atoms with Crippen molar-refractivity contribution >= 4 is 43.0 Å². The zero-order valence-corrected chi connectivity index (χ0v) is 15.1. The zero-order valence-electron chi connectivity index (χ0n) is 13.5. The van der Waals surface area contributed by atoms with E-state index in [1.54, 1.807) is 0 Å². The Hall–Kier alpha value is -2.59. The molecule has 134 valence electrons. The quantitative estimate of drug-likeness (QED) is 0.702. The average molecular weight is 383 g/mol. The smallest absolute Gasteiger partial charge is 0.261 e. The van der Waals surface area contributed by atoms with E-state index in [4.69, 9.17) is 0 Å². The Balaban J connectivity index is 2.21. The van der Waals surface area contributed by atoms with Crippen LogP contribution in [0.25, 0.3) is 0 Å². The molecule has 0 aliphatic heterocycles. The molecule has 0 bridgehead atoms. The van der Waals surface area contributed by atoms with Crippen molar-refractivity contribution in [1.82, 2.24) is 0 Å². The number of hydrogen-bond donors (Lipinski definition) is 3. The fourth-order valence-corrected chi connectivity index (χ4v) is 3.60. The number of anilines is 3. The number of hydrogen-bond acceptors (Lipinski definition) is 5. The van der Waals surface area contributed by atoms with Gasteiger partial charge in [-0.3, -0.25) is 14.2 Å². The lowest BCUT2D eigenvalue weighted by molar-refractivity contribution is -0.114. The zero-order chi connectivity index (χ0) is 18.7. The molecule has 0 fully saturated rings. The highest BCUT2D eigenvalue weighted by Crippen LogP contribution is 2.21. The van der Waals surface area contributed by atoms with Crippen LogP contribution in [0.2, 0.25) is 0 Å². The number of rotatable bonds is 6. The summed E-state index contributed by atoms with van der Waals surface area (Å²) in [6, 6.07) is 11.5. The molecule has 10 heteroatoms. The molecule has 3 N–H and O–H groups in total. The molecule has 0 saturated heterocycles. The summed E-state index contributed by atoms with van der Waals surface area (Å²) in [6.07, 6.45) is 1.00. The van der Waals surface area contributed by atoms with E-state index >= 15 is 0 Å². The van der Waals surface area contributed by atoms with Crippen LogP contribution in [-0.4, -0.2) is 29.0 Å². The van der Waals surface area contributed by atoms with Crippen molar-refractivity contribution in [1.29, 1.82) is 0 Å². The molecule has 0 heterocycles. The van der Waals surface area contributed by atoms with E-state index in [0.717, 1.165) is 6.26 Å². The van der Waals surface area contributed by atoms with Crippen LogP contribution in [0.15, 0.2) is 53.4 Å². The van der Waals surface area contributed by atoms with Crippen LogP contribution in [0, 0.1) is 0 Å². The van der Waals surface area contributed by atoms with Crippen LogP contribution in [-0.2, 0) is 24.8 Å². The molecule has 25 heavy (non-hydrogen) atoms. The Kier molecular flexibility index (Phi) is 5.33. The van der Waals surface area contributed by atoms with Crippen LogP contribution < -0.4 is 14.8 Å². The molecule has 0 radical (unpaired) electrons. The van der Waals surface area contributed by atoms with Crippen LogP contribution in [0.5, 0.6) is 0 Å². The lowest BCUT2D eigenvalue weighted by atomic mass is 10.3. The van der Waals surface area contributed by atoms with Gasteiger partial charge in [-0.15, -0.1) is 0 Å². The molecular weight excluding hydrogens is 366 g/mol. The van der Waals surface area contributed by atoms with Gasteiger partial charge in [0, 0.05) is 12.6 Å². The summed E-state index contributed by atoms with van der Waals surface area (Å²) in [4.78, 5) is 11.0. The van der Waals surface area contributed by atoms with Gasteiger partial charge in [-0.1, -0.05) is 6.07 Å². The molecule has 0 spiro atoms. The second kappa shape index (κ2) is 7.11. The first-order valence-electron chi connectivity index (χ1n) is 7.03. The summed E-state index contributed by atoms with van der Waals surface area (Å²) >= 11 is 0. The predicted molar refractivity (Wildman–Crippen MR) is 96.5 cm³/mol. The van der Waals surface area contributed by atoms with Gasteiger partial charge < -0.3 is 5.32 Å². The molecular formula is C15H17N3O5S2. The maximum absolute atomic E-state index is 12.4. The minimum absolute atomic E-state index is 0.00285. The third-order valence-corrected chi connectivity index (χ3v) is 4.91. The van der Waals surface area contributed by atoms with Crippen LogP contribution >= 0.6 is 0 Å². The van der Waals surface area contributed by atoms with E-state index in [0.29, 0.717) is 5.69 Å². The Bertz CT molecular complexity index is 984. The highest BCUT2D eigenvalue weighted by atomic mass is 32.2. The number of amides is 1. The van der Waals surface area contributed by atoms with Crippen LogP contribution in [0.1, 0.15) is 6.92 Å². The van der Waals surface area contributed by atoms with E-state index in [9.17, 15) is 21.6 Å². The Morgan fingerprint density at radius 2 is 1.40 bits per heavy atom. The summed E-state index contributed by atoms with van der Waals surface area (Å²) in [5.74, 6) is -0.260. The molecule has 0 atom stereocenters. The summed E-state index contributed by atoms with van der Waals surface area (Å²) in [6.45, 7) is 1.35. The number of carbonyl (C=O) groups excluding carboxylic acids is 1. The second-order valence-corrected chi connectivity index (χ2v) is 8.70. The molecule has 1 amide bonds. The summed E-state index contributed by atoms with van der Waals surface area (Å²) < 4.78 is 51.9. The minimum atomic E-state index is -3.86. The first-order valence-corrected chi connectivity index (χ1v) is 10.4. The minimum Gasteiger partial charge on any atom is -0.326 e. The normalized spacial score (nSPS) is 11.6. The molecule has 0 unspecified atom stereocenters. The predicted octanol–water partition coefficient (Wildman–Crippen LogP) is 1.82. The first kappa shape index (κ1) is 18.7. The summed E-state index contributed by atoms with van der Waals surface area (Å²) in [5, 5.41) is 2.54. The van der Waals surface area contributed by atoms with E-state index in [-0.39, 0.29) is 22.2 Å². The Morgan fingerprint density at radius 1 is 0.840 bits per heavy atom. The molecule has 8 nitrogen and oxygen atoms in total. The van der Waals surface area contributed by atoms with Crippen molar-refractivity contribution in [2.45, 2.75) is 11.8 Å². The largest absolute Gasteiger partial charge is 0.326 e. The van der Waals surface area contributed by atoms with Crippen molar-refractivity contribution < 1.29 is 21.6 Å². The topological polar surface area (TPSA) is 121 Å². The summed E-state index contributed by atoms with van der Waals surface area (Å²) in [5.41, 5.74) is 0.925. The van der Waals surface area contributed by atoms with Crippen molar-refractivity contribution in [2.24, 2.45) is 0 Å². The van der Waals surface area contributed by atoms with Crippen molar-refractivity contribution in [3.05, 3.63) is 48.5 Å². The van der Waals surface area contributed by atoms with Gasteiger partial charge in [-0.05, 0) is 42.5 Å². The van der Waals surface area contributed by atoms with Crippen LogP contribution in [0.3, 0.4) is 0 Å². The average Bonchev–Trinajstić information content (AvgIpc) is 2.45. The van der Waals surface area contributed by atoms with Crippen molar-refractivity contribution in [3.63, 3.8) is 0 Å². The van der Waals surface area contributed by atoms with E-state index in [1.807, 2.05) is 0 Å². The van der Waals surface area contributed by atoms with E-state index in [1.165, 1.54) is 55.5 Å². The highest BCUT2D eigenvalue weighted by Gasteiger charge is 2.14. The first-order chi connectivity index (χ1) is 11.5. The van der Waals surface area contributed by atoms with Gasteiger partial charge in [-0.2, -0.15) is 0 Å². The van der Waals surface area contributed by atoms with Crippen molar-refractivity contribution in [3.8, 4) is 0 Å². The van der Waals surface area contributed by atoms with Crippen LogP contribution in [0.4, 0.5) is 17.1 Å². The standard InChI is InChI=1S/C15H17N3O5S2/c1-11(19)16-12-6-8-15(9-7-12)25(22,23)18-14-5-3-4-13(10-14)17-24(2,20)21/h3-10,17-18H,1-2H3,(H,16,19). The van der Waals surface area contributed by atoms with Gasteiger partial charge in [-0.25, -0.2) is 16.8 Å². The van der Waals surface area contributed by atoms with Gasteiger partial charge in [0.25, 0.3) is 10.0 Å². The molecule has 0 saturated carbocycles. The fourth-order valence-electron chi connectivity index (χ4n) is 2.00. The molecule has 2 aromatic rings. The lowest BCUT2D eigenvalue weighted by Gasteiger charge is -2.11. The van der Waals surface area contributed by atoms with Crippen molar-refractivity contribution in [2.75, 3.05) is 21.0 Å². The molecule has 2 aromatic carbocycles. The highest BCUT2D eigenvalue weighted by molar-refractivity contribution is 7.92. The van der Waals surface area contributed by atoms with Gasteiger partial charge in [0.2, 0.25) is 15.9 Å². The molecule has 0 aromatic heterocycles. The summed E-state index contributed by atoms with van der Waals surface area (Å²) in [7, 11) is -7.33. The maximum Gasteiger partial charge on any atom is 0.261 e. The van der Waals surface area contributed by atoms with Gasteiger partial charge in [0.05, 0.1) is 22.5 Å².